The number of aliphatic hydroxyl groups excluding tert-OH is 1. The Hall–Kier alpha value is -3.48. The van der Waals surface area contributed by atoms with Crippen molar-refractivity contribution in [3.8, 4) is 11.5 Å². The minimum atomic E-state index is -1.05. The molecule has 5 heteroatoms. The Labute approximate surface area is 283 Å². The standard InChI is InChI=1S/C42H41O3P2/c1-28-24-34(25-29(2)41(28)44-5)47(35-26-30(3)42(45-6)31(4)27-35)38-22-14-13-20-36(38)40(43)37-21-15-23-39(37)46(32-16-9-7-10-17-32)33-18-11-8-12-19-33/h7-27,40,43H,1-6H3/t40-/m0/s1. The van der Waals surface area contributed by atoms with Crippen molar-refractivity contribution in [2.45, 2.75) is 33.8 Å². The van der Waals surface area contributed by atoms with Gasteiger partial charge in [-0.3, -0.25) is 0 Å². The summed E-state index contributed by atoms with van der Waals surface area (Å²) in [7, 11) is 1.54. The zero-order valence-corrected chi connectivity index (χ0v) is 29.6. The van der Waals surface area contributed by atoms with Crippen LogP contribution < -0.4 is 36.0 Å². The maximum atomic E-state index is 12.5. The van der Waals surface area contributed by atoms with Crippen molar-refractivity contribution in [3.63, 3.8) is 0 Å². The van der Waals surface area contributed by atoms with E-state index in [1.54, 1.807) is 14.2 Å². The Morgan fingerprint density at radius 3 is 1.45 bits per heavy atom. The van der Waals surface area contributed by atoms with Gasteiger partial charge in [-0.05, 0) is 141 Å². The molecule has 0 spiro atoms. The van der Waals surface area contributed by atoms with E-state index in [4.69, 9.17) is 9.47 Å². The van der Waals surface area contributed by atoms with Crippen molar-refractivity contribution in [2.75, 3.05) is 14.2 Å². The summed E-state index contributed by atoms with van der Waals surface area (Å²) in [6.07, 6.45) is 5.58. The van der Waals surface area contributed by atoms with Gasteiger partial charge in [-0.15, -0.1) is 0 Å². The summed E-state index contributed by atoms with van der Waals surface area (Å²) in [5, 5.41) is 18.6. The number of hydrogen-bond acceptors (Lipinski definition) is 3. The van der Waals surface area contributed by atoms with Crippen LogP contribution >= 0.6 is 15.8 Å². The third kappa shape index (κ3) is 6.77. The molecule has 0 amide bonds. The smallest absolute Gasteiger partial charge is 0.124 e. The monoisotopic (exact) mass is 655 g/mol. The SMILES string of the molecule is COc1c(C)cc(P(c2cc(C)c(OC)c(C)c2)c2ccccc2[C@H](O)[C]2[CH][CH][CH][C]2P(c2ccccc2)c2ccccc2)cc1C. The second kappa shape index (κ2) is 14.7. The molecule has 3 nitrogen and oxygen atoms in total. The predicted molar refractivity (Wildman–Crippen MR) is 201 cm³/mol. The summed E-state index contributed by atoms with van der Waals surface area (Å²) in [5.74, 6) is 2.78. The maximum Gasteiger partial charge on any atom is 0.124 e. The first-order valence-electron chi connectivity index (χ1n) is 15.9. The summed E-state index contributed by atoms with van der Waals surface area (Å²) < 4.78 is 11.5. The molecule has 1 fully saturated rings. The van der Waals surface area contributed by atoms with Crippen LogP contribution in [0, 0.1) is 58.5 Å². The number of ether oxygens (including phenoxy) is 2. The Bertz CT molecular complexity index is 1680. The first kappa shape index (κ1) is 33.4. The molecule has 0 saturated heterocycles. The van der Waals surface area contributed by atoms with E-state index in [0.29, 0.717) is 0 Å². The lowest BCUT2D eigenvalue weighted by Gasteiger charge is -2.33. The molecule has 0 bridgehead atoms. The van der Waals surface area contributed by atoms with E-state index < -0.39 is 21.9 Å². The minimum absolute atomic E-state index is 0.806. The van der Waals surface area contributed by atoms with E-state index in [0.717, 1.165) is 50.5 Å². The summed E-state index contributed by atoms with van der Waals surface area (Å²) in [4.78, 5) is 0. The van der Waals surface area contributed by atoms with Crippen LogP contribution in [0.1, 0.15) is 33.9 Å². The topological polar surface area (TPSA) is 38.7 Å². The number of methoxy groups -OCH3 is 2. The highest BCUT2D eigenvalue weighted by molar-refractivity contribution is 7.80. The van der Waals surface area contributed by atoms with Crippen molar-refractivity contribution >= 4 is 42.4 Å². The minimum Gasteiger partial charge on any atom is -0.496 e. The highest BCUT2D eigenvalue weighted by atomic mass is 31.1. The summed E-state index contributed by atoms with van der Waals surface area (Å²) in [6, 6.07) is 38.8. The normalized spacial score (nSPS) is 14.6. The van der Waals surface area contributed by atoms with Gasteiger partial charge in [0.25, 0.3) is 0 Å². The van der Waals surface area contributed by atoms with Gasteiger partial charge in [-0.2, -0.15) is 0 Å². The molecular formula is C42H41O3P2. The number of benzene rings is 5. The number of aryl methyl sites for hydroxylation is 4. The molecule has 5 aromatic rings. The fourth-order valence-electron chi connectivity index (χ4n) is 6.71. The van der Waals surface area contributed by atoms with Crippen molar-refractivity contribution in [2.24, 2.45) is 0 Å². The lowest BCUT2D eigenvalue weighted by Crippen LogP contribution is -2.28. The van der Waals surface area contributed by atoms with Crippen molar-refractivity contribution < 1.29 is 14.6 Å². The van der Waals surface area contributed by atoms with Gasteiger partial charge in [0, 0.05) is 11.6 Å². The second-order valence-electron chi connectivity index (χ2n) is 11.9. The van der Waals surface area contributed by atoms with Crippen LogP contribution in [0.15, 0.2) is 109 Å². The third-order valence-electron chi connectivity index (χ3n) is 8.68. The quantitative estimate of drug-likeness (QED) is 0.158. The number of hydrogen-bond donors (Lipinski definition) is 1. The molecule has 47 heavy (non-hydrogen) atoms. The van der Waals surface area contributed by atoms with Crippen LogP contribution in [-0.2, 0) is 0 Å². The third-order valence-corrected chi connectivity index (χ3v) is 13.6. The highest BCUT2D eigenvalue weighted by Crippen LogP contribution is 2.59. The van der Waals surface area contributed by atoms with E-state index in [-0.39, 0.29) is 0 Å². The van der Waals surface area contributed by atoms with Gasteiger partial charge in [0.05, 0.1) is 20.3 Å². The molecule has 1 aliphatic rings. The van der Waals surface area contributed by atoms with Gasteiger partial charge in [0.2, 0.25) is 0 Å². The number of aliphatic hydroxyl groups is 1. The van der Waals surface area contributed by atoms with Crippen LogP contribution in [0.25, 0.3) is 0 Å². The molecule has 0 aliphatic heterocycles. The molecular weight excluding hydrogens is 614 g/mol. The molecule has 0 heterocycles. The molecule has 1 saturated carbocycles. The molecule has 0 unspecified atom stereocenters. The zero-order valence-electron chi connectivity index (χ0n) is 27.9. The Kier molecular flexibility index (Phi) is 10.5. The van der Waals surface area contributed by atoms with Crippen molar-refractivity contribution in [3.05, 3.63) is 168 Å². The molecule has 5 radical (unpaired) electrons. The molecule has 1 N–H and O–H groups in total. The fraction of sp³-hybridized carbons (Fsp3) is 0.167. The van der Waals surface area contributed by atoms with E-state index in [9.17, 15) is 5.11 Å². The van der Waals surface area contributed by atoms with E-state index in [1.165, 1.54) is 26.9 Å². The van der Waals surface area contributed by atoms with Crippen LogP contribution in [0.3, 0.4) is 0 Å². The van der Waals surface area contributed by atoms with Gasteiger partial charge in [0.15, 0.2) is 0 Å². The van der Waals surface area contributed by atoms with Gasteiger partial charge >= 0.3 is 0 Å². The number of rotatable bonds is 10. The lowest BCUT2D eigenvalue weighted by atomic mass is 9.94. The van der Waals surface area contributed by atoms with Gasteiger partial charge in [0.1, 0.15) is 11.5 Å². The predicted octanol–water partition coefficient (Wildman–Crippen LogP) is 7.59. The molecule has 237 valence electrons. The van der Waals surface area contributed by atoms with Crippen LogP contribution in [-0.4, -0.2) is 19.3 Å². The lowest BCUT2D eigenvalue weighted by molar-refractivity contribution is 0.200. The molecule has 6 rings (SSSR count). The van der Waals surface area contributed by atoms with E-state index >= 15 is 0 Å². The Morgan fingerprint density at radius 2 is 0.979 bits per heavy atom. The van der Waals surface area contributed by atoms with Crippen molar-refractivity contribution in [1.29, 1.82) is 0 Å². The van der Waals surface area contributed by atoms with Crippen LogP contribution in [0.4, 0.5) is 0 Å². The molecule has 5 aromatic carbocycles. The van der Waals surface area contributed by atoms with Crippen LogP contribution in [0.2, 0.25) is 0 Å². The molecule has 1 aliphatic carbocycles. The van der Waals surface area contributed by atoms with Gasteiger partial charge in [-0.25, -0.2) is 0 Å². The zero-order chi connectivity index (χ0) is 33.1. The Morgan fingerprint density at radius 1 is 0.532 bits per heavy atom. The largest absolute Gasteiger partial charge is 0.496 e. The first-order chi connectivity index (χ1) is 22.8. The first-order valence-corrected chi connectivity index (χ1v) is 18.5. The fourth-order valence-corrected chi connectivity index (χ4v) is 12.0. The Balaban J connectivity index is 1.48. The highest BCUT2D eigenvalue weighted by Gasteiger charge is 2.42. The maximum absolute atomic E-state index is 12.5. The summed E-state index contributed by atoms with van der Waals surface area (Å²) >= 11 is 0. The van der Waals surface area contributed by atoms with Gasteiger partial charge in [-0.1, -0.05) is 84.9 Å². The van der Waals surface area contributed by atoms with Gasteiger partial charge < -0.3 is 14.6 Å². The average Bonchev–Trinajstić information content (AvgIpc) is 3.55. The second-order valence-corrected chi connectivity index (χ2v) is 16.3. The molecule has 0 aromatic heterocycles. The van der Waals surface area contributed by atoms with E-state index in [2.05, 4.69) is 150 Å². The average molecular weight is 656 g/mol. The van der Waals surface area contributed by atoms with E-state index in [1.807, 2.05) is 6.07 Å². The van der Waals surface area contributed by atoms with Crippen LogP contribution in [0.5, 0.6) is 11.5 Å². The summed E-state index contributed by atoms with van der Waals surface area (Å²) in [5.41, 5.74) is 6.51. The van der Waals surface area contributed by atoms with Crippen molar-refractivity contribution in [1.82, 2.24) is 0 Å². The molecule has 1 atom stereocenters. The summed E-state index contributed by atoms with van der Waals surface area (Å²) in [6.45, 7) is 8.44.